The van der Waals surface area contributed by atoms with E-state index in [1.165, 1.54) is 12.0 Å². The number of benzene rings is 1. The van der Waals surface area contributed by atoms with Gasteiger partial charge in [-0.2, -0.15) is 5.10 Å². The number of urea groups is 1. The molecule has 4 aromatic rings. The van der Waals surface area contributed by atoms with Crippen LogP contribution in [-0.2, 0) is 23.9 Å². The maximum Gasteiger partial charge on any atom is 0.322 e. The van der Waals surface area contributed by atoms with Crippen molar-refractivity contribution in [3.63, 3.8) is 0 Å². The number of aryl methyl sites for hydroxylation is 1. The summed E-state index contributed by atoms with van der Waals surface area (Å²) in [7, 11) is 3.35. The van der Waals surface area contributed by atoms with Crippen molar-refractivity contribution < 1.29 is 23.5 Å². The van der Waals surface area contributed by atoms with E-state index >= 15 is 0 Å². The van der Waals surface area contributed by atoms with Crippen molar-refractivity contribution in [3.05, 3.63) is 65.7 Å². The predicted molar refractivity (Wildman–Crippen MR) is 122 cm³/mol. The Morgan fingerprint density at radius 1 is 1.17 bits per heavy atom. The number of nitrogens with zero attached hydrogens (tertiary/aromatic N) is 4. The number of methoxy groups -OCH3 is 1. The van der Waals surface area contributed by atoms with Crippen molar-refractivity contribution in [3.8, 4) is 17.0 Å². The zero-order chi connectivity index (χ0) is 24.3. The summed E-state index contributed by atoms with van der Waals surface area (Å²) < 4.78 is 12.9. The maximum atomic E-state index is 13.2. The van der Waals surface area contributed by atoms with Gasteiger partial charge in [0.2, 0.25) is 0 Å². The number of imide groups is 1. The number of furan rings is 1. The third-order valence-corrected chi connectivity index (χ3v) is 6.36. The molecule has 3 aromatic heterocycles. The first-order valence-electron chi connectivity index (χ1n) is 10.9. The number of ether oxygens (including phenoxy) is 1. The first-order chi connectivity index (χ1) is 16.9. The average Bonchev–Trinajstić information content (AvgIpc) is 3.60. The topological polar surface area (TPSA) is 132 Å². The van der Waals surface area contributed by atoms with Crippen molar-refractivity contribution in [1.29, 1.82) is 0 Å². The molecule has 11 heteroatoms. The summed E-state index contributed by atoms with van der Waals surface area (Å²) in [5, 5.41) is 9.14. The summed E-state index contributed by atoms with van der Waals surface area (Å²) in [6.07, 6.45) is 3.54. The lowest BCUT2D eigenvalue weighted by Crippen LogP contribution is -2.52. The van der Waals surface area contributed by atoms with Crippen LogP contribution >= 0.6 is 0 Å². The van der Waals surface area contributed by atoms with Gasteiger partial charge in [-0.1, -0.05) is 6.07 Å². The van der Waals surface area contributed by atoms with Gasteiger partial charge in [0.25, 0.3) is 11.8 Å². The molecule has 0 bridgehead atoms. The zero-order valence-electron chi connectivity index (χ0n) is 18.9. The molecule has 1 atom stereocenters. The molecule has 0 radical (unpaired) electrons. The number of fused-ring (bicyclic) bond motifs is 2. The lowest BCUT2D eigenvalue weighted by Gasteiger charge is -2.28. The molecule has 2 aliphatic heterocycles. The second-order valence-corrected chi connectivity index (χ2v) is 8.59. The van der Waals surface area contributed by atoms with E-state index in [1.807, 2.05) is 19.3 Å². The highest BCUT2D eigenvalue weighted by Crippen LogP contribution is 2.35. The highest BCUT2D eigenvalue weighted by Gasteiger charge is 2.53. The van der Waals surface area contributed by atoms with Crippen LogP contribution in [0.1, 0.15) is 21.7 Å². The minimum absolute atomic E-state index is 0.115. The lowest BCUT2D eigenvalue weighted by atomic mass is 9.95. The SMILES string of the molecule is COc1ccc2c(c1)C(=O)N(C[C@@]1(c3cc4nc(-c5cnn(C)c5)ccc4o3)NC(=O)NC1=O)C2. The van der Waals surface area contributed by atoms with E-state index < -0.39 is 17.5 Å². The van der Waals surface area contributed by atoms with Gasteiger partial charge >= 0.3 is 6.03 Å². The van der Waals surface area contributed by atoms with Gasteiger partial charge in [0.05, 0.1) is 25.5 Å². The Balaban J connectivity index is 1.38. The molecule has 5 heterocycles. The molecular formula is C24H20N6O5. The lowest BCUT2D eigenvalue weighted by molar-refractivity contribution is -0.125. The van der Waals surface area contributed by atoms with E-state index in [2.05, 4.69) is 20.7 Å². The minimum atomic E-state index is -1.60. The number of rotatable bonds is 5. The number of nitrogens with one attached hydrogen (secondary N) is 2. The van der Waals surface area contributed by atoms with Crippen LogP contribution in [0.25, 0.3) is 22.4 Å². The molecule has 176 valence electrons. The Labute approximate surface area is 198 Å². The number of hydrogen-bond acceptors (Lipinski definition) is 7. The summed E-state index contributed by atoms with van der Waals surface area (Å²) in [6, 6.07) is 9.77. The molecule has 1 fully saturated rings. The van der Waals surface area contributed by atoms with Gasteiger partial charge in [-0.25, -0.2) is 9.78 Å². The van der Waals surface area contributed by atoms with Gasteiger partial charge in [-0.3, -0.25) is 19.6 Å². The second-order valence-electron chi connectivity index (χ2n) is 8.59. The number of amides is 4. The Hall–Kier alpha value is -4.67. The van der Waals surface area contributed by atoms with Crippen molar-refractivity contribution in [2.75, 3.05) is 13.7 Å². The number of aromatic nitrogens is 3. The predicted octanol–water partition coefficient (Wildman–Crippen LogP) is 1.93. The first-order valence-corrected chi connectivity index (χ1v) is 10.9. The van der Waals surface area contributed by atoms with Gasteiger partial charge in [-0.05, 0) is 29.8 Å². The summed E-state index contributed by atoms with van der Waals surface area (Å²) in [6.45, 7) is 0.169. The van der Waals surface area contributed by atoms with E-state index in [4.69, 9.17) is 9.15 Å². The third kappa shape index (κ3) is 3.23. The van der Waals surface area contributed by atoms with Gasteiger partial charge < -0.3 is 19.4 Å². The zero-order valence-corrected chi connectivity index (χ0v) is 18.9. The molecule has 1 aromatic carbocycles. The van der Waals surface area contributed by atoms with E-state index in [-0.39, 0.29) is 24.8 Å². The summed E-state index contributed by atoms with van der Waals surface area (Å²) >= 11 is 0. The maximum absolute atomic E-state index is 13.2. The Bertz CT molecular complexity index is 1540. The van der Waals surface area contributed by atoms with Crippen LogP contribution in [0.5, 0.6) is 5.75 Å². The number of hydrogen-bond donors (Lipinski definition) is 2. The fraction of sp³-hybridized carbons (Fsp3) is 0.208. The molecule has 6 rings (SSSR count). The van der Waals surface area contributed by atoms with Crippen molar-refractivity contribution in [2.45, 2.75) is 12.1 Å². The monoisotopic (exact) mass is 472 g/mol. The quantitative estimate of drug-likeness (QED) is 0.424. The number of carbonyl (C=O) groups excluding carboxylic acids is 3. The van der Waals surface area contributed by atoms with E-state index in [9.17, 15) is 14.4 Å². The van der Waals surface area contributed by atoms with Crippen molar-refractivity contribution in [1.82, 2.24) is 30.3 Å². The largest absolute Gasteiger partial charge is 0.497 e. The van der Waals surface area contributed by atoms with Crippen molar-refractivity contribution in [2.24, 2.45) is 7.05 Å². The first kappa shape index (κ1) is 20.9. The number of pyridine rings is 1. The average molecular weight is 472 g/mol. The van der Waals surface area contributed by atoms with Crippen LogP contribution < -0.4 is 15.4 Å². The van der Waals surface area contributed by atoms with Gasteiger partial charge in [0.15, 0.2) is 11.1 Å². The van der Waals surface area contributed by atoms with Crippen LogP contribution in [0.2, 0.25) is 0 Å². The van der Waals surface area contributed by atoms with Gasteiger partial charge in [-0.15, -0.1) is 0 Å². The Morgan fingerprint density at radius 3 is 2.74 bits per heavy atom. The Morgan fingerprint density at radius 2 is 2.03 bits per heavy atom. The Kier molecular flexibility index (Phi) is 4.43. The van der Waals surface area contributed by atoms with Crippen LogP contribution in [-0.4, -0.2) is 51.2 Å². The van der Waals surface area contributed by atoms with E-state index in [1.54, 1.807) is 41.2 Å². The molecule has 0 unspecified atom stereocenters. The summed E-state index contributed by atoms with van der Waals surface area (Å²) in [4.78, 5) is 44.6. The number of carbonyl (C=O) groups is 3. The van der Waals surface area contributed by atoms with E-state index in [0.717, 1.165) is 11.1 Å². The molecular weight excluding hydrogens is 452 g/mol. The molecule has 2 N–H and O–H groups in total. The highest BCUT2D eigenvalue weighted by atomic mass is 16.5. The molecule has 1 saturated heterocycles. The standard InChI is InChI=1S/C24H20N6O5/c1-29-10-14(9-25-29)17-5-6-19-18(26-17)8-20(35-19)24(22(32)27-23(33)28-24)12-30-11-13-3-4-15(34-2)7-16(13)21(30)31/h3-10H,11-12H2,1-2H3,(H2,27,28,32,33)/t24-/m0/s1. The van der Waals surface area contributed by atoms with Crippen LogP contribution in [0.4, 0.5) is 4.79 Å². The van der Waals surface area contributed by atoms with Crippen molar-refractivity contribution >= 4 is 28.9 Å². The molecule has 0 spiro atoms. The minimum Gasteiger partial charge on any atom is -0.497 e. The molecule has 35 heavy (non-hydrogen) atoms. The second kappa shape index (κ2) is 7.42. The van der Waals surface area contributed by atoms with Crippen LogP contribution in [0.3, 0.4) is 0 Å². The normalized spacial score (nSPS) is 19.3. The van der Waals surface area contributed by atoms with Crippen LogP contribution in [0.15, 0.2) is 53.2 Å². The molecule has 2 aliphatic rings. The van der Waals surface area contributed by atoms with E-state index in [0.29, 0.717) is 28.1 Å². The van der Waals surface area contributed by atoms with Gasteiger partial charge in [0, 0.05) is 37.0 Å². The molecule has 0 saturated carbocycles. The van der Waals surface area contributed by atoms with Crippen LogP contribution in [0, 0.1) is 0 Å². The fourth-order valence-corrected chi connectivity index (χ4v) is 4.58. The van der Waals surface area contributed by atoms with Gasteiger partial charge in [0.1, 0.15) is 17.0 Å². The summed E-state index contributed by atoms with van der Waals surface area (Å²) in [5.41, 5.74) is 2.17. The fourth-order valence-electron chi connectivity index (χ4n) is 4.58. The smallest absolute Gasteiger partial charge is 0.322 e. The molecule has 4 amide bonds. The molecule has 11 nitrogen and oxygen atoms in total. The third-order valence-electron chi connectivity index (χ3n) is 6.36. The summed E-state index contributed by atoms with van der Waals surface area (Å²) in [5.74, 6) is -0.114. The molecule has 0 aliphatic carbocycles. The highest BCUT2D eigenvalue weighted by molar-refractivity contribution is 6.08.